The van der Waals surface area contributed by atoms with Crippen LogP contribution < -0.4 is 9.04 Å². The minimum absolute atomic E-state index is 0.0916. The molecule has 1 fully saturated rings. The van der Waals surface area contributed by atoms with Crippen LogP contribution >= 0.6 is 0 Å². The van der Waals surface area contributed by atoms with E-state index in [1.165, 1.54) is 11.4 Å². The molecule has 0 amide bonds. The normalized spacial score (nSPS) is 21.1. The molecule has 36 heavy (non-hydrogen) atoms. The molecule has 2 aliphatic heterocycles. The highest BCUT2D eigenvalue weighted by Crippen LogP contribution is 2.51. The Balaban J connectivity index is 1.58. The van der Waals surface area contributed by atoms with Gasteiger partial charge in [-0.3, -0.25) is 4.31 Å². The predicted molar refractivity (Wildman–Crippen MR) is 136 cm³/mol. The van der Waals surface area contributed by atoms with Gasteiger partial charge in [-0.1, -0.05) is 24.3 Å². The van der Waals surface area contributed by atoms with E-state index in [-0.39, 0.29) is 31.1 Å². The summed E-state index contributed by atoms with van der Waals surface area (Å²) < 4.78 is 40.7. The van der Waals surface area contributed by atoms with Crippen LogP contribution in [0.2, 0.25) is 0 Å². The summed E-state index contributed by atoms with van der Waals surface area (Å²) in [5.74, 6) is 0.834. The molecule has 1 saturated heterocycles. The van der Waals surface area contributed by atoms with Crippen LogP contribution in [0.5, 0.6) is 17.2 Å². The largest absolute Gasteiger partial charge is 0.508 e. The number of aliphatic hydroxyl groups is 1. The number of fused-ring (bicyclic) bond motifs is 2. The first-order valence-electron chi connectivity index (χ1n) is 11.6. The highest BCUT2D eigenvalue weighted by atomic mass is 32.2. The molecule has 0 unspecified atom stereocenters. The van der Waals surface area contributed by atoms with Gasteiger partial charge in [0.05, 0.1) is 32.1 Å². The van der Waals surface area contributed by atoms with Crippen molar-refractivity contribution >= 4 is 26.9 Å². The summed E-state index contributed by atoms with van der Waals surface area (Å²) in [5.41, 5.74) is 3.63. The van der Waals surface area contributed by atoms with Gasteiger partial charge in [0, 0.05) is 0 Å². The van der Waals surface area contributed by atoms with Gasteiger partial charge in [0.25, 0.3) is 0 Å². The van der Waals surface area contributed by atoms with E-state index in [1.807, 2.05) is 0 Å². The molecular formula is C27H27NO7S. The van der Waals surface area contributed by atoms with E-state index in [0.29, 0.717) is 11.4 Å². The minimum atomic E-state index is -3.94. The van der Waals surface area contributed by atoms with Crippen molar-refractivity contribution in [2.75, 3.05) is 24.6 Å². The van der Waals surface area contributed by atoms with Crippen LogP contribution in [-0.4, -0.2) is 61.5 Å². The molecule has 9 heteroatoms. The smallest absolute Gasteiger partial charge is 0.241 e. The monoisotopic (exact) mass is 509 g/mol. The number of phenols is 2. The van der Waals surface area contributed by atoms with Crippen molar-refractivity contribution in [3.8, 4) is 17.2 Å². The first kappa shape index (κ1) is 24.2. The average Bonchev–Trinajstić information content (AvgIpc) is 3.48. The van der Waals surface area contributed by atoms with Crippen LogP contribution in [0.15, 0.2) is 72.8 Å². The van der Waals surface area contributed by atoms with E-state index >= 15 is 0 Å². The van der Waals surface area contributed by atoms with Gasteiger partial charge in [0.15, 0.2) is 0 Å². The Morgan fingerprint density at radius 2 is 1.44 bits per heavy atom. The van der Waals surface area contributed by atoms with Gasteiger partial charge in [-0.25, -0.2) is 8.42 Å². The van der Waals surface area contributed by atoms with E-state index in [9.17, 15) is 23.7 Å². The molecule has 0 radical (unpaired) electrons. The van der Waals surface area contributed by atoms with Crippen LogP contribution in [0, 0.1) is 0 Å². The van der Waals surface area contributed by atoms with Crippen molar-refractivity contribution in [1.82, 2.24) is 0 Å². The molecule has 0 aliphatic carbocycles. The first-order chi connectivity index (χ1) is 17.3. The number of aliphatic hydroxyl groups excluding tert-OH is 1. The first-order valence-corrected chi connectivity index (χ1v) is 13.1. The molecule has 2 heterocycles. The van der Waals surface area contributed by atoms with Gasteiger partial charge in [-0.15, -0.1) is 0 Å². The Morgan fingerprint density at radius 3 is 1.97 bits per heavy atom. The number of hydrogen-bond acceptors (Lipinski definition) is 7. The van der Waals surface area contributed by atoms with Crippen LogP contribution in [0.25, 0.3) is 11.1 Å². The fraction of sp³-hybridized carbons (Fsp3) is 0.259. The van der Waals surface area contributed by atoms with Gasteiger partial charge >= 0.3 is 0 Å². The Kier molecular flexibility index (Phi) is 6.38. The number of methoxy groups -OCH3 is 1. The number of aromatic hydroxyl groups is 2. The Hall–Kier alpha value is -3.53. The number of anilines is 1. The van der Waals surface area contributed by atoms with Crippen molar-refractivity contribution < 1.29 is 33.2 Å². The third kappa shape index (κ3) is 4.19. The molecular weight excluding hydrogens is 482 g/mol. The number of benzene rings is 3. The predicted octanol–water partition coefficient (Wildman–Crippen LogP) is 3.39. The van der Waals surface area contributed by atoms with Gasteiger partial charge in [-0.2, -0.15) is 0 Å². The van der Waals surface area contributed by atoms with Crippen molar-refractivity contribution in [3.63, 3.8) is 0 Å². The molecule has 3 N–H and O–H groups in total. The highest BCUT2D eigenvalue weighted by Gasteiger charge is 2.54. The quantitative estimate of drug-likeness (QED) is 0.426. The lowest BCUT2D eigenvalue weighted by atomic mass is 9.83. The number of sulfonamides is 1. The van der Waals surface area contributed by atoms with Crippen molar-refractivity contribution in [1.29, 1.82) is 0 Å². The summed E-state index contributed by atoms with van der Waals surface area (Å²) in [6, 6.07) is 20.0. The minimum Gasteiger partial charge on any atom is -0.508 e. The summed E-state index contributed by atoms with van der Waals surface area (Å²) in [5, 5.41) is 28.4. The third-order valence-corrected chi connectivity index (χ3v) is 8.91. The second kappa shape index (κ2) is 9.50. The van der Waals surface area contributed by atoms with Crippen molar-refractivity contribution in [3.05, 3.63) is 83.9 Å². The number of phenolic OH excluding ortho intramolecular Hbond substituents is 2. The zero-order valence-electron chi connectivity index (χ0n) is 19.6. The number of ether oxygens (including phenoxy) is 2. The molecule has 0 spiro atoms. The van der Waals surface area contributed by atoms with Crippen molar-refractivity contribution in [2.45, 2.75) is 23.9 Å². The molecule has 188 valence electrons. The molecule has 3 atom stereocenters. The second-order valence-corrected chi connectivity index (χ2v) is 10.9. The maximum Gasteiger partial charge on any atom is 0.241 e. The van der Waals surface area contributed by atoms with Gasteiger partial charge < -0.3 is 24.8 Å². The molecule has 2 aliphatic rings. The van der Waals surface area contributed by atoms with E-state index in [2.05, 4.69) is 0 Å². The maximum absolute atomic E-state index is 14.0. The fourth-order valence-electron chi connectivity index (χ4n) is 5.05. The molecule has 2 bridgehead atoms. The summed E-state index contributed by atoms with van der Waals surface area (Å²) in [6.07, 6.45) is -0.953. The topological polar surface area (TPSA) is 117 Å². The van der Waals surface area contributed by atoms with Crippen LogP contribution in [0.3, 0.4) is 0 Å². The van der Waals surface area contributed by atoms with E-state index in [0.717, 1.165) is 22.3 Å². The number of rotatable bonds is 8. The Bertz CT molecular complexity index is 1370. The maximum atomic E-state index is 14.0. The zero-order chi connectivity index (χ0) is 25.4. The van der Waals surface area contributed by atoms with Crippen LogP contribution in [0.4, 0.5) is 5.69 Å². The van der Waals surface area contributed by atoms with E-state index in [1.54, 1.807) is 72.8 Å². The molecule has 3 aromatic rings. The lowest BCUT2D eigenvalue weighted by Gasteiger charge is -2.31. The third-order valence-electron chi connectivity index (χ3n) is 6.70. The summed E-state index contributed by atoms with van der Waals surface area (Å²) in [4.78, 5) is 0. The summed E-state index contributed by atoms with van der Waals surface area (Å²) in [7, 11) is -2.41. The number of hydrogen-bond donors (Lipinski definition) is 3. The SMILES string of the molecule is COc1ccc(N(CCO)S(=O)(=O)[C@@H]2C[C@@H]3O[C@H]2C(c2ccc(O)cc2)=C3c2ccc(O)cc2)cc1. The van der Waals surface area contributed by atoms with E-state index in [4.69, 9.17) is 9.47 Å². The molecule has 5 rings (SSSR count). The molecule has 0 saturated carbocycles. The van der Waals surface area contributed by atoms with Gasteiger partial charge in [0.2, 0.25) is 10.0 Å². The van der Waals surface area contributed by atoms with Crippen molar-refractivity contribution in [2.24, 2.45) is 0 Å². The fourth-order valence-corrected chi connectivity index (χ4v) is 7.06. The average molecular weight is 510 g/mol. The lowest BCUT2D eigenvalue weighted by Crippen LogP contribution is -2.45. The molecule has 0 aromatic heterocycles. The lowest BCUT2D eigenvalue weighted by molar-refractivity contribution is 0.128. The standard InChI is InChI=1S/C27H27NO7S/c1-34-22-12-6-19(7-13-22)28(14-15-29)36(32,33)24-16-23-25(17-2-8-20(30)9-3-17)26(27(24)35-23)18-4-10-21(31)11-5-18/h2-13,23-24,27,29-31H,14-16H2,1H3/t23-,24+,27+/m0/s1. The summed E-state index contributed by atoms with van der Waals surface area (Å²) >= 11 is 0. The van der Waals surface area contributed by atoms with Gasteiger partial charge in [-0.05, 0) is 77.2 Å². The summed E-state index contributed by atoms with van der Waals surface area (Å²) in [6.45, 7) is -0.433. The zero-order valence-corrected chi connectivity index (χ0v) is 20.4. The van der Waals surface area contributed by atoms with E-state index < -0.39 is 27.5 Å². The Morgan fingerprint density at radius 1 is 0.889 bits per heavy atom. The number of nitrogens with zero attached hydrogens (tertiary/aromatic N) is 1. The van der Waals surface area contributed by atoms with Crippen LogP contribution in [0.1, 0.15) is 17.5 Å². The highest BCUT2D eigenvalue weighted by molar-refractivity contribution is 7.93. The second-order valence-electron chi connectivity index (χ2n) is 8.78. The Labute approximate surface area is 209 Å². The van der Waals surface area contributed by atoms with Gasteiger partial charge in [0.1, 0.15) is 28.6 Å². The van der Waals surface area contributed by atoms with Crippen LogP contribution in [-0.2, 0) is 14.8 Å². The molecule has 8 nitrogen and oxygen atoms in total. The molecule has 3 aromatic carbocycles.